The summed E-state index contributed by atoms with van der Waals surface area (Å²) in [4.78, 5) is 0. The summed E-state index contributed by atoms with van der Waals surface area (Å²) in [6.45, 7) is 4.54. The van der Waals surface area contributed by atoms with Gasteiger partial charge in [-0.3, -0.25) is 0 Å². The quantitative estimate of drug-likeness (QED) is 0.155. The number of hydrogen-bond acceptors (Lipinski definition) is 0. The van der Waals surface area contributed by atoms with Crippen LogP contribution in [0.5, 0.6) is 0 Å². The number of allylic oxidation sites excluding steroid dienone is 2. The largest absolute Gasteiger partial charge is 0.147 e. The van der Waals surface area contributed by atoms with Crippen molar-refractivity contribution >= 4 is 37.0 Å². The van der Waals surface area contributed by atoms with Crippen molar-refractivity contribution < 1.29 is 20.0 Å². The third-order valence-corrected chi connectivity index (χ3v) is 36.2. The molecule has 0 N–H and O–H groups in total. The molecule has 0 spiro atoms. The summed E-state index contributed by atoms with van der Waals surface area (Å²) in [7, 11) is 0. The Bertz CT molecular complexity index is 1780. The van der Waals surface area contributed by atoms with Crippen LogP contribution in [0.1, 0.15) is 125 Å². The van der Waals surface area contributed by atoms with E-state index in [9.17, 15) is 0 Å². The Labute approximate surface area is 331 Å². The van der Waals surface area contributed by atoms with E-state index in [4.69, 9.17) is 0 Å². The fourth-order valence-corrected chi connectivity index (χ4v) is 34.3. The van der Waals surface area contributed by atoms with Crippen molar-refractivity contribution in [3.05, 3.63) is 129 Å². The molecule has 272 valence electrons. The molecule has 0 aromatic heterocycles. The SMILES string of the molecule is CCc1ccc(-c2cccc3c2C=C(C2CCCCC2)[CH]3[Hf]2([CH]3C(C4CCCCC4)=Cc4c(-c5ccc(CC)cc5)cccc43)[CH2]C[CH2]2)cc1.Cl.Cl. The van der Waals surface area contributed by atoms with E-state index in [1.807, 2.05) is 11.1 Å². The number of aryl methyl sites for hydroxylation is 2. The van der Waals surface area contributed by atoms with Crippen LogP contribution in [-0.4, -0.2) is 0 Å². The predicted molar refractivity (Wildman–Crippen MR) is 226 cm³/mol. The van der Waals surface area contributed by atoms with E-state index in [1.165, 1.54) is 104 Å². The molecule has 3 fully saturated rings. The van der Waals surface area contributed by atoms with Gasteiger partial charge in [-0.2, -0.15) is 0 Å². The average molecular weight is 896 g/mol. The first-order valence-corrected chi connectivity index (χ1v) is 29.8. The van der Waals surface area contributed by atoms with Gasteiger partial charge in [0.25, 0.3) is 0 Å². The molecule has 1 heterocycles. The van der Waals surface area contributed by atoms with Gasteiger partial charge in [-0.25, -0.2) is 0 Å². The molecular formula is C49H58Cl2Hf. The van der Waals surface area contributed by atoms with Gasteiger partial charge in [0.2, 0.25) is 0 Å². The first-order valence-electron chi connectivity index (χ1n) is 20.6. The Balaban J connectivity index is 0.00000210. The number of fused-ring (bicyclic) bond motifs is 2. The Morgan fingerprint density at radius 3 is 1.23 bits per heavy atom. The third kappa shape index (κ3) is 6.62. The third-order valence-electron chi connectivity index (χ3n) is 14.1. The molecule has 9 rings (SSSR count). The normalized spacial score (nSPS) is 22.3. The summed E-state index contributed by atoms with van der Waals surface area (Å²) in [5.74, 6) is 1.56. The molecule has 3 heteroatoms. The zero-order valence-electron chi connectivity index (χ0n) is 31.5. The molecule has 4 aliphatic carbocycles. The molecule has 0 nitrogen and oxygen atoms in total. The van der Waals surface area contributed by atoms with E-state index in [-0.39, 0.29) is 24.8 Å². The number of benzene rings is 4. The molecule has 1 saturated heterocycles. The Hall–Kier alpha value is -2.19. The van der Waals surface area contributed by atoms with Crippen LogP contribution in [0, 0.1) is 11.8 Å². The maximum atomic E-state index is 2.81. The van der Waals surface area contributed by atoms with Crippen molar-refractivity contribution in [1.29, 1.82) is 0 Å². The van der Waals surface area contributed by atoms with Crippen LogP contribution in [0.25, 0.3) is 34.4 Å². The summed E-state index contributed by atoms with van der Waals surface area (Å²) in [5.41, 5.74) is 19.1. The summed E-state index contributed by atoms with van der Waals surface area (Å²) < 4.78 is 4.61. The minimum Gasteiger partial charge on any atom is -0.147 e. The van der Waals surface area contributed by atoms with Crippen LogP contribution in [0.4, 0.5) is 0 Å². The zero-order chi connectivity index (χ0) is 33.7. The van der Waals surface area contributed by atoms with E-state index < -0.39 is 20.0 Å². The van der Waals surface area contributed by atoms with E-state index in [1.54, 1.807) is 30.6 Å². The molecular weight excluding hydrogens is 838 g/mol. The molecule has 5 aliphatic rings. The second-order valence-electron chi connectivity index (χ2n) is 16.6. The number of hydrogen-bond donors (Lipinski definition) is 0. The topological polar surface area (TPSA) is 0 Å². The molecule has 0 bridgehead atoms. The minimum atomic E-state index is -3.17. The molecule has 2 saturated carbocycles. The molecule has 52 heavy (non-hydrogen) atoms. The smallest absolute Gasteiger partial charge is 0.147 e. The molecule has 1 aliphatic heterocycles. The summed E-state index contributed by atoms with van der Waals surface area (Å²) in [6, 6.07) is 34.1. The fourth-order valence-electron chi connectivity index (χ4n) is 11.4. The van der Waals surface area contributed by atoms with Gasteiger partial charge in [0.05, 0.1) is 0 Å². The van der Waals surface area contributed by atoms with Crippen LogP contribution in [0.15, 0.2) is 96.1 Å². The molecule has 0 radical (unpaired) electrons. The van der Waals surface area contributed by atoms with Crippen LogP contribution in [0.2, 0.25) is 8.35 Å². The zero-order valence-corrected chi connectivity index (χ0v) is 36.7. The number of rotatable bonds is 8. The van der Waals surface area contributed by atoms with Crippen LogP contribution < -0.4 is 0 Å². The van der Waals surface area contributed by atoms with Crippen molar-refractivity contribution in [2.45, 2.75) is 113 Å². The predicted octanol–water partition coefficient (Wildman–Crippen LogP) is 15.1. The molecule has 4 aromatic rings. The van der Waals surface area contributed by atoms with Crippen LogP contribution in [0.3, 0.4) is 0 Å². The van der Waals surface area contributed by atoms with Gasteiger partial charge < -0.3 is 0 Å². The minimum absolute atomic E-state index is 0. The fraction of sp³-hybridized carbons (Fsp3) is 0.429. The van der Waals surface area contributed by atoms with Gasteiger partial charge in [0, 0.05) is 0 Å². The first kappa shape index (κ1) is 38.1. The van der Waals surface area contributed by atoms with Crippen molar-refractivity contribution in [3.8, 4) is 22.3 Å². The molecule has 0 amide bonds. The molecule has 4 aromatic carbocycles. The van der Waals surface area contributed by atoms with E-state index >= 15 is 0 Å². The number of halogens is 2. The van der Waals surface area contributed by atoms with E-state index in [0.717, 1.165) is 32.0 Å². The maximum Gasteiger partial charge on any atom is -0.147 e. The Morgan fingerprint density at radius 1 is 0.481 bits per heavy atom. The molecule has 2 atom stereocenters. The van der Waals surface area contributed by atoms with Crippen molar-refractivity contribution in [1.82, 2.24) is 0 Å². The van der Waals surface area contributed by atoms with E-state index in [0.29, 0.717) is 0 Å². The second-order valence-corrected chi connectivity index (χ2v) is 33.2. The Morgan fingerprint density at radius 2 is 0.885 bits per heavy atom. The van der Waals surface area contributed by atoms with Gasteiger partial charge in [-0.15, -0.1) is 24.8 Å². The van der Waals surface area contributed by atoms with Gasteiger partial charge >= 0.3 is 309 Å². The van der Waals surface area contributed by atoms with Crippen LogP contribution >= 0.6 is 24.8 Å². The van der Waals surface area contributed by atoms with Crippen molar-refractivity contribution in [2.75, 3.05) is 0 Å². The van der Waals surface area contributed by atoms with Crippen LogP contribution in [-0.2, 0) is 32.8 Å². The van der Waals surface area contributed by atoms with Gasteiger partial charge in [0.1, 0.15) is 0 Å². The maximum absolute atomic E-state index is 3.17. The first-order chi connectivity index (χ1) is 24.7. The summed E-state index contributed by atoms with van der Waals surface area (Å²) in [6.07, 6.45) is 23.4. The Kier molecular flexibility index (Phi) is 11.9. The standard InChI is InChI=1S/2C23H25.C3H6.2ClH.Hf/c2*1-2-17-11-13-19(14-12-17)22-10-6-9-20-15-21(16-23(20)22)18-7-4-3-5-8-18;1-3-2;;;/h2*6,9-16,18H,2-5,7-8H2,1H3;1-3H2;2*1H;. The van der Waals surface area contributed by atoms with E-state index in [2.05, 4.69) is 111 Å². The average Bonchev–Trinajstić information content (AvgIpc) is 3.76. The van der Waals surface area contributed by atoms with Gasteiger partial charge in [-0.1, -0.05) is 0 Å². The van der Waals surface area contributed by atoms with Crippen molar-refractivity contribution in [3.63, 3.8) is 0 Å². The summed E-state index contributed by atoms with van der Waals surface area (Å²) >= 11 is -3.17. The van der Waals surface area contributed by atoms with Gasteiger partial charge in [0.15, 0.2) is 0 Å². The summed E-state index contributed by atoms with van der Waals surface area (Å²) in [5, 5.41) is 0. The van der Waals surface area contributed by atoms with Crippen molar-refractivity contribution in [2.24, 2.45) is 11.8 Å². The molecule has 2 unspecified atom stereocenters. The van der Waals surface area contributed by atoms with Gasteiger partial charge in [-0.05, 0) is 0 Å². The monoisotopic (exact) mass is 896 g/mol. The second kappa shape index (κ2) is 16.3.